The highest BCUT2D eigenvalue weighted by Crippen LogP contribution is 2.22. The molecule has 0 aliphatic carbocycles. The normalized spacial score (nSPS) is 13.0. The lowest BCUT2D eigenvalue weighted by Gasteiger charge is -2.21. The van der Waals surface area contributed by atoms with Crippen molar-refractivity contribution in [2.75, 3.05) is 13.6 Å². The molecule has 0 aliphatic rings. The van der Waals surface area contributed by atoms with Gasteiger partial charge >= 0.3 is 0 Å². The van der Waals surface area contributed by atoms with E-state index in [1.165, 1.54) is 10.4 Å². The number of nitrogens with zero attached hydrogens (tertiary/aromatic N) is 3. The third kappa shape index (κ3) is 4.87. The highest BCUT2D eigenvalue weighted by Gasteiger charge is 2.23. The lowest BCUT2D eigenvalue weighted by Crippen LogP contribution is -2.33. The van der Waals surface area contributed by atoms with Gasteiger partial charge in [-0.1, -0.05) is 12.1 Å². The lowest BCUT2D eigenvalue weighted by atomic mass is 10.0. The number of sulfonamides is 1. The third-order valence-electron chi connectivity index (χ3n) is 4.88. The molecule has 8 heteroatoms. The van der Waals surface area contributed by atoms with Gasteiger partial charge in [0, 0.05) is 37.3 Å². The van der Waals surface area contributed by atoms with Crippen molar-refractivity contribution < 1.29 is 12.8 Å². The van der Waals surface area contributed by atoms with Gasteiger partial charge in [0.05, 0.1) is 17.1 Å². The summed E-state index contributed by atoms with van der Waals surface area (Å²) in [6.07, 6.45) is 1.93. The van der Waals surface area contributed by atoms with E-state index >= 15 is 0 Å². The van der Waals surface area contributed by atoms with Crippen LogP contribution in [0.4, 0.5) is 4.39 Å². The zero-order valence-corrected chi connectivity index (χ0v) is 17.9. The molecule has 2 rings (SSSR count). The maximum absolute atomic E-state index is 13.8. The molecule has 2 N–H and O–H groups in total. The molecule has 0 saturated heterocycles. The largest absolute Gasteiger partial charge is 0.327 e. The Hall–Kier alpha value is -2.03. The van der Waals surface area contributed by atoms with Crippen LogP contribution in [-0.2, 0) is 23.0 Å². The number of hydrogen-bond acceptors (Lipinski definition) is 4. The summed E-state index contributed by atoms with van der Waals surface area (Å²) < 4.78 is 41.9. The molecule has 0 bridgehead atoms. The summed E-state index contributed by atoms with van der Waals surface area (Å²) in [5, 5.41) is 4.42. The fourth-order valence-electron chi connectivity index (χ4n) is 2.91. The Morgan fingerprint density at radius 3 is 2.43 bits per heavy atom. The maximum atomic E-state index is 13.8. The van der Waals surface area contributed by atoms with Crippen LogP contribution in [0.1, 0.15) is 36.4 Å². The number of halogens is 1. The monoisotopic (exact) mass is 408 g/mol. The Labute approximate surface area is 166 Å². The number of nitrogens with two attached hydrogens (primary N) is 1. The van der Waals surface area contributed by atoms with Gasteiger partial charge in [-0.3, -0.25) is 4.68 Å². The van der Waals surface area contributed by atoms with Crippen molar-refractivity contribution in [1.82, 2.24) is 14.1 Å². The minimum Gasteiger partial charge on any atom is -0.327 e. The van der Waals surface area contributed by atoms with Gasteiger partial charge in [0.25, 0.3) is 0 Å². The van der Waals surface area contributed by atoms with E-state index in [9.17, 15) is 12.8 Å². The second-order valence-corrected chi connectivity index (χ2v) is 9.13. The summed E-state index contributed by atoms with van der Waals surface area (Å²) >= 11 is 0. The second kappa shape index (κ2) is 8.98. The van der Waals surface area contributed by atoms with Crippen molar-refractivity contribution >= 4 is 10.0 Å². The molecule has 2 aromatic rings. The van der Waals surface area contributed by atoms with E-state index in [1.54, 1.807) is 23.9 Å². The van der Waals surface area contributed by atoms with Crippen molar-refractivity contribution in [3.63, 3.8) is 0 Å². The van der Waals surface area contributed by atoms with Crippen molar-refractivity contribution in [2.45, 2.75) is 51.6 Å². The van der Waals surface area contributed by atoms with Gasteiger partial charge < -0.3 is 5.73 Å². The van der Waals surface area contributed by atoms with Crippen molar-refractivity contribution in [1.29, 1.82) is 0 Å². The number of benzene rings is 1. The fourth-order valence-corrected chi connectivity index (χ4v) is 4.27. The summed E-state index contributed by atoms with van der Waals surface area (Å²) in [5.74, 6) is -0.316. The highest BCUT2D eigenvalue weighted by molar-refractivity contribution is 7.89. The molecular weight excluding hydrogens is 379 g/mol. The number of rotatable bonds is 8. The standard InChI is InChI=1S/C20H29FN4O2S/c1-14(2)24(5)28(26,27)19-8-6-17(7-9-19)12-20-15(3)23-25(16(20)4)13-18(21)10-11-22/h6-10,14H,11-13,22H2,1-5H3/b18-10-. The minimum atomic E-state index is -3.50. The zero-order valence-electron chi connectivity index (χ0n) is 17.1. The Balaban J connectivity index is 2.23. The molecule has 0 unspecified atom stereocenters. The predicted octanol–water partition coefficient (Wildman–Crippen LogP) is 2.93. The Kier molecular flexibility index (Phi) is 7.14. The van der Waals surface area contributed by atoms with Crippen LogP contribution in [0.25, 0.3) is 0 Å². The van der Waals surface area contributed by atoms with E-state index in [1.807, 2.05) is 39.8 Å². The minimum absolute atomic E-state index is 0.0581. The van der Waals surface area contributed by atoms with Crippen LogP contribution < -0.4 is 5.73 Å². The van der Waals surface area contributed by atoms with Gasteiger partial charge in [-0.25, -0.2) is 12.8 Å². The van der Waals surface area contributed by atoms with Crippen LogP contribution in [0, 0.1) is 13.8 Å². The molecule has 6 nitrogen and oxygen atoms in total. The first-order valence-corrected chi connectivity index (χ1v) is 10.7. The van der Waals surface area contributed by atoms with Crippen LogP contribution >= 0.6 is 0 Å². The first kappa shape index (κ1) is 22.3. The van der Waals surface area contributed by atoms with Crippen LogP contribution in [0.3, 0.4) is 0 Å². The fraction of sp³-hybridized carbons (Fsp3) is 0.450. The van der Waals surface area contributed by atoms with Crippen LogP contribution in [0.2, 0.25) is 0 Å². The van der Waals surface area contributed by atoms with Crippen molar-refractivity contribution in [2.24, 2.45) is 5.73 Å². The number of aryl methyl sites for hydroxylation is 1. The first-order valence-electron chi connectivity index (χ1n) is 9.22. The van der Waals surface area contributed by atoms with Gasteiger partial charge in [0.1, 0.15) is 5.83 Å². The van der Waals surface area contributed by atoms with Gasteiger partial charge in [0.2, 0.25) is 10.0 Å². The molecule has 0 fully saturated rings. The second-order valence-electron chi connectivity index (χ2n) is 7.13. The van der Waals surface area contributed by atoms with Crippen LogP contribution in [0.15, 0.2) is 41.1 Å². The lowest BCUT2D eigenvalue weighted by molar-refractivity contribution is 0.410. The number of allylic oxidation sites excluding steroid dienone is 1. The van der Waals surface area contributed by atoms with Crippen LogP contribution in [-0.4, -0.2) is 42.1 Å². The molecule has 1 aromatic carbocycles. The average Bonchev–Trinajstić information content (AvgIpc) is 2.89. The summed E-state index contributed by atoms with van der Waals surface area (Å²) in [6, 6.07) is 6.76. The third-order valence-corrected chi connectivity index (χ3v) is 6.93. The number of hydrogen-bond donors (Lipinski definition) is 1. The Morgan fingerprint density at radius 2 is 1.89 bits per heavy atom. The molecule has 0 aliphatic heterocycles. The Bertz CT molecular complexity index is 947. The molecule has 1 heterocycles. The summed E-state index contributed by atoms with van der Waals surface area (Å²) in [5.41, 5.74) is 9.03. The van der Waals surface area contributed by atoms with E-state index in [-0.39, 0.29) is 29.9 Å². The van der Waals surface area contributed by atoms with Crippen LogP contribution in [0.5, 0.6) is 0 Å². The summed E-state index contributed by atoms with van der Waals surface area (Å²) in [6.45, 7) is 7.67. The zero-order chi connectivity index (χ0) is 21.1. The summed E-state index contributed by atoms with van der Waals surface area (Å²) in [4.78, 5) is 0.269. The van der Waals surface area contributed by atoms with E-state index < -0.39 is 10.0 Å². The Morgan fingerprint density at radius 1 is 1.29 bits per heavy atom. The first-order chi connectivity index (χ1) is 13.1. The SMILES string of the molecule is Cc1nn(C/C(F)=C/CN)c(C)c1Cc1ccc(S(=O)(=O)N(C)C(C)C)cc1. The smallest absolute Gasteiger partial charge is 0.243 e. The topological polar surface area (TPSA) is 81.2 Å². The van der Waals surface area contributed by atoms with Gasteiger partial charge in [-0.15, -0.1) is 0 Å². The van der Waals surface area contributed by atoms with Crippen molar-refractivity contribution in [3.05, 3.63) is 58.7 Å². The molecule has 1 aromatic heterocycles. The molecule has 0 saturated carbocycles. The average molecular weight is 409 g/mol. The van der Waals surface area contributed by atoms with Gasteiger partial charge in [-0.05, 0) is 51.5 Å². The quantitative estimate of drug-likeness (QED) is 0.728. The van der Waals surface area contributed by atoms with E-state index in [4.69, 9.17) is 5.73 Å². The van der Waals surface area contributed by atoms with E-state index in [0.717, 1.165) is 22.5 Å². The molecular formula is C20H29FN4O2S. The summed E-state index contributed by atoms with van der Waals surface area (Å²) in [7, 11) is -1.92. The van der Waals surface area contributed by atoms with E-state index in [0.29, 0.717) is 6.42 Å². The van der Waals surface area contributed by atoms with Crippen molar-refractivity contribution in [3.8, 4) is 0 Å². The molecule has 154 valence electrons. The number of aromatic nitrogens is 2. The molecule has 0 amide bonds. The molecule has 0 atom stereocenters. The van der Waals surface area contributed by atoms with Gasteiger partial charge in [0.15, 0.2) is 0 Å². The molecule has 28 heavy (non-hydrogen) atoms. The highest BCUT2D eigenvalue weighted by atomic mass is 32.2. The molecule has 0 radical (unpaired) electrons. The predicted molar refractivity (Wildman–Crippen MR) is 109 cm³/mol. The maximum Gasteiger partial charge on any atom is 0.243 e. The van der Waals surface area contributed by atoms with E-state index in [2.05, 4.69) is 5.10 Å². The molecule has 0 spiro atoms. The van der Waals surface area contributed by atoms with Gasteiger partial charge in [-0.2, -0.15) is 9.40 Å².